The zero-order valence-corrected chi connectivity index (χ0v) is 24.1. The van der Waals surface area contributed by atoms with Crippen LogP contribution < -0.4 is 11.5 Å². The number of fused-ring (bicyclic) bond motifs is 3. The van der Waals surface area contributed by atoms with Gasteiger partial charge >= 0.3 is 0 Å². The number of likely N-dealkylation sites (N-methyl/N-ethyl adjacent to an activating group) is 1. The molecule has 0 saturated heterocycles. The quantitative estimate of drug-likeness (QED) is 0.0944. The summed E-state index contributed by atoms with van der Waals surface area (Å²) < 4.78 is 5.01. The molecule has 0 spiro atoms. The van der Waals surface area contributed by atoms with Gasteiger partial charge in [0.25, 0.3) is 11.9 Å². The predicted molar refractivity (Wildman–Crippen MR) is 150 cm³/mol. The Morgan fingerprint density at radius 2 is 1.79 bits per heavy atom. The minimum atomic E-state index is -2.97. The Hall–Kier alpha value is -3.94. The van der Waals surface area contributed by atoms with Gasteiger partial charge < -0.3 is 41.7 Å². The van der Waals surface area contributed by atoms with E-state index in [0.29, 0.717) is 24.0 Å². The minimum Gasteiger partial charge on any atom is -0.508 e. The Labute approximate surface area is 242 Å². The van der Waals surface area contributed by atoms with Crippen LogP contribution in [-0.4, -0.2) is 92.4 Å². The molecule has 6 unspecified atom stereocenters. The number of Topliss-reactive ketones (excluding diaryl/α,β-unsaturated/α-hetero) is 2. The first-order valence-electron chi connectivity index (χ1n) is 13.6. The number of aliphatic hydroxyl groups excluding tert-OH is 3. The van der Waals surface area contributed by atoms with E-state index in [1.165, 1.54) is 19.0 Å². The molecule has 4 rings (SSSR count). The summed E-state index contributed by atoms with van der Waals surface area (Å²) in [5.41, 5.74) is 6.36. The summed E-state index contributed by atoms with van der Waals surface area (Å²) in [6.45, 7) is 5.59. The molecule has 1 aromatic rings. The minimum absolute atomic E-state index is 0.0587. The number of primary amides is 1. The number of aromatic hydroxyl groups is 1. The summed E-state index contributed by atoms with van der Waals surface area (Å²) in [5, 5.41) is 64.7. The van der Waals surface area contributed by atoms with Crippen molar-refractivity contribution in [2.75, 3.05) is 20.7 Å². The molecule has 0 heterocycles. The van der Waals surface area contributed by atoms with Crippen LogP contribution >= 0.6 is 0 Å². The van der Waals surface area contributed by atoms with Crippen molar-refractivity contribution in [3.63, 3.8) is 0 Å². The Morgan fingerprint density at radius 1 is 1.17 bits per heavy atom. The number of carbonyl (C=O) groups excluding carboxylic acids is 3. The van der Waals surface area contributed by atoms with E-state index in [2.05, 4.69) is 0 Å². The number of nitrogens with two attached hydrogens (primary N) is 2. The highest BCUT2D eigenvalue weighted by Gasteiger charge is 2.68. The molecule has 10 N–H and O–H groups in total. The number of nitrogens with zero attached hydrogens (tertiary/aromatic N) is 1. The first-order valence-corrected chi connectivity index (χ1v) is 13.6. The van der Waals surface area contributed by atoms with Crippen molar-refractivity contribution in [1.82, 2.24) is 4.90 Å². The number of hydrogen-bond acceptors (Lipinski definition) is 11. The highest BCUT2D eigenvalue weighted by molar-refractivity contribution is 6.24. The topological polar surface area (TPSA) is 241 Å². The smallest absolute Gasteiger partial charge is 0.278 e. The van der Waals surface area contributed by atoms with Crippen molar-refractivity contribution in [3.05, 3.63) is 45.7 Å². The molecular formula is C29H38N4O9. The second kappa shape index (κ2) is 10.4. The van der Waals surface area contributed by atoms with E-state index in [4.69, 9.17) is 21.6 Å². The molecule has 228 valence electrons. The average molecular weight is 587 g/mol. The fourth-order valence-corrected chi connectivity index (χ4v) is 6.99. The standard InChI is InChI=1S/C29H38N4O9/c1-11-12-7-8-13(28(2,3)9-6-10-42-27(31)32)20(34)15(12)21(35)16-14(11)22(36)18-19(33(4)5)23(37)17(26(30)40)25(39)29(18,41)24(16)38/h7-8,11,14,18-19,22,34-36,39,41H,6,9-10H2,1-5H3,(H2,30,40)(H3,31,32). The van der Waals surface area contributed by atoms with Crippen LogP contribution in [0.5, 0.6) is 5.75 Å². The van der Waals surface area contributed by atoms with Crippen LogP contribution in [0.1, 0.15) is 56.2 Å². The third-order valence-corrected chi connectivity index (χ3v) is 9.06. The van der Waals surface area contributed by atoms with Gasteiger partial charge in [0.1, 0.15) is 22.8 Å². The molecule has 13 nitrogen and oxygen atoms in total. The summed E-state index contributed by atoms with van der Waals surface area (Å²) in [6, 6.07) is 1.57. The number of hydrogen-bond donors (Lipinski definition) is 8. The number of phenolic OH excluding ortho intramolecular Hbond substituents is 1. The highest BCUT2D eigenvalue weighted by Crippen LogP contribution is 2.57. The van der Waals surface area contributed by atoms with E-state index < -0.39 is 87.1 Å². The largest absolute Gasteiger partial charge is 0.508 e. The zero-order chi connectivity index (χ0) is 31.6. The van der Waals surface area contributed by atoms with E-state index in [0.717, 1.165) is 0 Å². The number of phenols is 1. The maximum absolute atomic E-state index is 14.1. The second-order valence-electron chi connectivity index (χ2n) is 12.2. The number of benzene rings is 1. The van der Waals surface area contributed by atoms with Gasteiger partial charge in [0.2, 0.25) is 5.78 Å². The Kier molecular flexibility index (Phi) is 7.68. The molecule has 1 saturated carbocycles. The molecule has 1 fully saturated rings. The fraction of sp³-hybridized carbons (Fsp3) is 0.517. The van der Waals surface area contributed by atoms with Crippen LogP contribution in [0.4, 0.5) is 0 Å². The average Bonchev–Trinajstić information content (AvgIpc) is 2.88. The van der Waals surface area contributed by atoms with Crippen LogP contribution in [0, 0.1) is 17.2 Å². The van der Waals surface area contributed by atoms with Gasteiger partial charge in [-0.2, -0.15) is 0 Å². The lowest BCUT2D eigenvalue weighted by Crippen LogP contribution is -2.70. The number of ether oxygens (including phenoxy) is 1. The SMILES string of the molecule is CC1c2ccc(C(C)(C)CCCOC(=N)N)c(O)c2C(O)=C2C(=O)C3(O)C(O)=C(C(N)=O)C(=O)C(N(C)C)C3C(O)C21. The number of nitrogens with one attached hydrogen (secondary N) is 1. The lowest BCUT2D eigenvalue weighted by atomic mass is 9.54. The van der Waals surface area contributed by atoms with Crippen LogP contribution in [0.2, 0.25) is 0 Å². The molecular weight excluding hydrogens is 548 g/mol. The van der Waals surface area contributed by atoms with Crippen molar-refractivity contribution in [2.45, 2.75) is 62.7 Å². The van der Waals surface area contributed by atoms with Gasteiger partial charge in [-0.15, -0.1) is 0 Å². The Balaban J connectivity index is 1.90. The van der Waals surface area contributed by atoms with Gasteiger partial charge in [0, 0.05) is 17.1 Å². The van der Waals surface area contributed by atoms with Gasteiger partial charge in [-0.1, -0.05) is 32.9 Å². The summed E-state index contributed by atoms with van der Waals surface area (Å²) >= 11 is 0. The number of amides is 1. The van der Waals surface area contributed by atoms with E-state index >= 15 is 0 Å². The van der Waals surface area contributed by atoms with E-state index in [9.17, 15) is 39.9 Å². The molecule has 3 aliphatic carbocycles. The number of ketones is 2. The predicted octanol–water partition coefficient (Wildman–Crippen LogP) is 0.464. The molecule has 0 bridgehead atoms. The van der Waals surface area contributed by atoms with E-state index in [1.807, 2.05) is 13.8 Å². The van der Waals surface area contributed by atoms with Gasteiger partial charge in [0.15, 0.2) is 11.4 Å². The number of carbonyl (C=O) groups is 3. The maximum atomic E-state index is 14.1. The Morgan fingerprint density at radius 3 is 2.33 bits per heavy atom. The molecule has 6 atom stereocenters. The van der Waals surface area contributed by atoms with Gasteiger partial charge in [-0.25, -0.2) is 0 Å². The first-order chi connectivity index (χ1) is 19.4. The van der Waals surface area contributed by atoms with Gasteiger partial charge in [-0.3, -0.25) is 24.7 Å². The molecule has 1 amide bonds. The number of aliphatic hydroxyl groups is 4. The third-order valence-electron chi connectivity index (χ3n) is 9.06. The van der Waals surface area contributed by atoms with Crippen molar-refractivity contribution < 1.29 is 44.7 Å². The van der Waals surface area contributed by atoms with Crippen LogP contribution in [0.25, 0.3) is 5.76 Å². The van der Waals surface area contributed by atoms with Crippen LogP contribution in [-0.2, 0) is 24.5 Å². The van der Waals surface area contributed by atoms with Crippen molar-refractivity contribution in [2.24, 2.45) is 23.3 Å². The first kappa shape index (κ1) is 31.0. The van der Waals surface area contributed by atoms with Gasteiger partial charge in [0.05, 0.1) is 30.2 Å². The van der Waals surface area contributed by atoms with Crippen molar-refractivity contribution in [3.8, 4) is 5.75 Å². The highest BCUT2D eigenvalue weighted by atomic mass is 16.5. The summed E-state index contributed by atoms with van der Waals surface area (Å²) in [4.78, 5) is 40.9. The summed E-state index contributed by atoms with van der Waals surface area (Å²) in [7, 11) is 2.91. The number of amidine groups is 1. The molecule has 3 aliphatic rings. The lowest BCUT2D eigenvalue weighted by molar-refractivity contribution is -0.169. The summed E-state index contributed by atoms with van der Waals surface area (Å²) in [5.74, 6) is -9.23. The normalized spacial score (nSPS) is 29.3. The molecule has 0 aromatic heterocycles. The number of rotatable bonds is 7. The van der Waals surface area contributed by atoms with Crippen LogP contribution in [0.3, 0.4) is 0 Å². The summed E-state index contributed by atoms with van der Waals surface area (Å²) in [6.07, 6.45) is -0.663. The van der Waals surface area contributed by atoms with Crippen molar-refractivity contribution in [1.29, 1.82) is 5.41 Å². The molecule has 1 aromatic carbocycles. The second-order valence-corrected chi connectivity index (χ2v) is 12.2. The van der Waals surface area contributed by atoms with Gasteiger partial charge in [-0.05, 0) is 43.8 Å². The van der Waals surface area contributed by atoms with E-state index in [1.54, 1.807) is 19.1 Å². The molecule has 42 heavy (non-hydrogen) atoms. The molecule has 0 radical (unpaired) electrons. The third kappa shape index (κ3) is 4.34. The zero-order valence-electron chi connectivity index (χ0n) is 24.1. The fourth-order valence-electron chi connectivity index (χ4n) is 6.99. The maximum Gasteiger partial charge on any atom is 0.278 e. The molecule has 13 heteroatoms. The molecule has 0 aliphatic heterocycles. The van der Waals surface area contributed by atoms with E-state index in [-0.39, 0.29) is 17.9 Å². The lowest BCUT2D eigenvalue weighted by Gasteiger charge is -2.53. The Bertz CT molecular complexity index is 1450. The monoisotopic (exact) mass is 586 g/mol. The van der Waals surface area contributed by atoms with Crippen LogP contribution in [0.15, 0.2) is 29.0 Å². The van der Waals surface area contributed by atoms with Crippen molar-refractivity contribution >= 4 is 29.3 Å².